The van der Waals surface area contributed by atoms with Gasteiger partial charge in [-0.2, -0.15) is 0 Å². The van der Waals surface area contributed by atoms with Crippen molar-refractivity contribution >= 4 is 9.84 Å². The lowest BCUT2D eigenvalue weighted by Crippen LogP contribution is -2.18. The van der Waals surface area contributed by atoms with Crippen molar-refractivity contribution in [1.29, 1.82) is 0 Å². The summed E-state index contributed by atoms with van der Waals surface area (Å²) in [5.41, 5.74) is 5.13. The third-order valence-electron chi connectivity index (χ3n) is 6.75. The van der Waals surface area contributed by atoms with Crippen LogP contribution in [-0.4, -0.2) is 8.42 Å². The Balaban J connectivity index is 0.000000850. The van der Waals surface area contributed by atoms with E-state index in [9.17, 15) is 8.42 Å². The molecule has 0 spiro atoms. The fourth-order valence-corrected chi connectivity index (χ4v) is 5.43. The van der Waals surface area contributed by atoms with Crippen molar-refractivity contribution in [2.45, 2.75) is 89.9 Å². The quantitative estimate of drug-likeness (QED) is 0.232. The zero-order valence-corrected chi connectivity index (χ0v) is 27.2. The number of aryl methyl sites for hydroxylation is 1. The minimum atomic E-state index is -3.60. The molecule has 0 heterocycles. The topological polar surface area (TPSA) is 43.4 Å². The molecule has 0 saturated heterocycles. The fourth-order valence-electron chi connectivity index (χ4n) is 4.17. The van der Waals surface area contributed by atoms with E-state index in [1.165, 1.54) is 16.7 Å². The summed E-state index contributed by atoms with van der Waals surface area (Å²) in [6.45, 7) is 21.6. The van der Waals surface area contributed by atoms with Gasteiger partial charge >= 0.3 is 0 Å². The van der Waals surface area contributed by atoms with E-state index in [1.54, 1.807) is 36.4 Å². The summed E-state index contributed by atoms with van der Waals surface area (Å²) in [4.78, 5) is 0.532. The van der Waals surface area contributed by atoms with E-state index in [0.29, 0.717) is 16.9 Å². The largest absolute Gasteiger partial charge is 0.457 e. The van der Waals surface area contributed by atoms with E-state index in [-0.39, 0.29) is 20.6 Å². The highest BCUT2D eigenvalue weighted by molar-refractivity contribution is 7.91. The molecular formula is C37H46O3S. The van der Waals surface area contributed by atoms with E-state index in [2.05, 4.69) is 106 Å². The fraction of sp³-hybridized carbons (Fsp3) is 0.351. The van der Waals surface area contributed by atoms with Crippen LogP contribution >= 0.6 is 0 Å². The van der Waals surface area contributed by atoms with Crippen LogP contribution in [0.25, 0.3) is 0 Å². The molecule has 4 aromatic rings. The molecule has 0 aliphatic rings. The van der Waals surface area contributed by atoms with Gasteiger partial charge in [0.15, 0.2) is 0 Å². The molecule has 3 nitrogen and oxygen atoms in total. The molecule has 0 bridgehead atoms. The van der Waals surface area contributed by atoms with Crippen LogP contribution in [0.1, 0.15) is 84.6 Å². The Labute approximate surface area is 248 Å². The molecule has 0 aliphatic heterocycles. The molecule has 4 rings (SSSR count). The maximum atomic E-state index is 13.1. The van der Waals surface area contributed by atoms with Crippen LogP contribution < -0.4 is 4.74 Å². The third kappa shape index (κ3) is 8.81. The maximum Gasteiger partial charge on any atom is 0.206 e. The van der Waals surface area contributed by atoms with Gasteiger partial charge < -0.3 is 4.74 Å². The molecule has 218 valence electrons. The highest BCUT2D eigenvalue weighted by Crippen LogP contribution is 2.34. The average molecular weight is 571 g/mol. The van der Waals surface area contributed by atoms with Crippen molar-refractivity contribution in [3.05, 3.63) is 119 Å². The van der Waals surface area contributed by atoms with Crippen molar-refractivity contribution in [3.8, 4) is 11.5 Å². The van der Waals surface area contributed by atoms with E-state index in [4.69, 9.17) is 4.74 Å². The van der Waals surface area contributed by atoms with Crippen LogP contribution in [0.15, 0.2) is 107 Å². The van der Waals surface area contributed by atoms with Crippen molar-refractivity contribution < 1.29 is 13.2 Å². The van der Waals surface area contributed by atoms with Crippen molar-refractivity contribution in [2.75, 3.05) is 0 Å². The van der Waals surface area contributed by atoms with Gasteiger partial charge in [-0.15, -0.1) is 0 Å². The zero-order chi connectivity index (χ0) is 30.6. The van der Waals surface area contributed by atoms with Gasteiger partial charge in [0.2, 0.25) is 9.84 Å². The number of benzene rings is 4. The molecule has 4 heteroatoms. The summed E-state index contributed by atoms with van der Waals surface area (Å²) in [6, 6.07) is 30.4. The number of hydrogen-bond donors (Lipinski definition) is 0. The molecule has 0 aromatic heterocycles. The second-order valence-electron chi connectivity index (χ2n) is 13.9. The summed E-state index contributed by atoms with van der Waals surface area (Å²) in [5.74, 6) is 1.29. The Kier molecular flexibility index (Phi) is 9.60. The van der Waals surface area contributed by atoms with E-state index in [1.807, 2.05) is 24.3 Å². The van der Waals surface area contributed by atoms with Gasteiger partial charge in [0.05, 0.1) is 9.79 Å². The maximum absolute atomic E-state index is 13.1. The van der Waals surface area contributed by atoms with E-state index < -0.39 is 9.84 Å². The molecular weight excluding hydrogens is 524 g/mol. The van der Waals surface area contributed by atoms with E-state index in [0.717, 1.165) is 5.56 Å². The smallest absolute Gasteiger partial charge is 0.206 e. The summed E-state index contributed by atoms with van der Waals surface area (Å²) in [5, 5.41) is 0. The molecule has 0 amide bonds. The first-order chi connectivity index (χ1) is 18.9. The van der Waals surface area contributed by atoms with Crippen LogP contribution in [0.5, 0.6) is 11.5 Å². The lowest BCUT2D eigenvalue weighted by atomic mass is 9.78. The SMILES string of the molecule is CC(C)(C)C.Cc1ccc(C(C)(C)c2ccc(Oc3ccc(S(=O)(=O)c4ccc(C(C)(C)C)cc4)cc3)cc2)cc1. The van der Waals surface area contributed by atoms with Gasteiger partial charge in [0, 0.05) is 5.41 Å². The second-order valence-corrected chi connectivity index (χ2v) is 15.8. The first-order valence-electron chi connectivity index (χ1n) is 14.2. The molecule has 0 radical (unpaired) electrons. The second kappa shape index (κ2) is 12.2. The average Bonchev–Trinajstić information content (AvgIpc) is 2.88. The minimum absolute atomic E-state index is 0.0318. The van der Waals surface area contributed by atoms with Crippen LogP contribution in [-0.2, 0) is 20.7 Å². The number of ether oxygens (including phenoxy) is 1. The van der Waals surface area contributed by atoms with Crippen LogP contribution in [0, 0.1) is 12.3 Å². The lowest BCUT2D eigenvalue weighted by molar-refractivity contribution is 0.469. The van der Waals surface area contributed by atoms with Crippen molar-refractivity contribution in [2.24, 2.45) is 5.41 Å². The van der Waals surface area contributed by atoms with Gasteiger partial charge in [0.1, 0.15) is 11.5 Å². The Morgan fingerprint density at radius 3 is 1.20 bits per heavy atom. The molecule has 0 saturated carbocycles. The summed E-state index contributed by atoms with van der Waals surface area (Å²) in [7, 11) is -3.60. The van der Waals surface area contributed by atoms with Gasteiger partial charge in [-0.3, -0.25) is 0 Å². The van der Waals surface area contributed by atoms with Crippen LogP contribution in [0.4, 0.5) is 0 Å². The first kappa shape index (κ1) is 32.1. The highest BCUT2D eigenvalue weighted by atomic mass is 32.2. The third-order valence-corrected chi connectivity index (χ3v) is 8.54. The van der Waals surface area contributed by atoms with Gasteiger partial charge in [0.25, 0.3) is 0 Å². The predicted molar refractivity (Wildman–Crippen MR) is 172 cm³/mol. The summed E-state index contributed by atoms with van der Waals surface area (Å²) >= 11 is 0. The predicted octanol–water partition coefficient (Wildman–Crippen LogP) is 10.3. The molecule has 0 atom stereocenters. The standard InChI is InChI=1S/C32H34O3S.C5H12/c1-23-7-9-25(10-8-23)32(5,6)26-11-15-27(16-12-26)35-28-17-21-30(22-18-28)36(33,34)29-19-13-24(14-20-29)31(2,3)4;1-5(2,3)4/h7-22H,1-6H3;1-4H3. The molecule has 41 heavy (non-hydrogen) atoms. The Morgan fingerprint density at radius 2 is 0.805 bits per heavy atom. The summed E-state index contributed by atoms with van der Waals surface area (Å²) < 4.78 is 32.2. The van der Waals surface area contributed by atoms with Crippen molar-refractivity contribution in [3.63, 3.8) is 0 Å². The molecule has 0 N–H and O–H groups in total. The number of hydrogen-bond acceptors (Lipinski definition) is 3. The summed E-state index contributed by atoms with van der Waals surface area (Å²) in [6.07, 6.45) is 0. The zero-order valence-electron chi connectivity index (χ0n) is 26.4. The Morgan fingerprint density at radius 1 is 0.488 bits per heavy atom. The molecule has 4 aromatic carbocycles. The van der Waals surface area contributed by atoms with E-state index >= 15 is 0 Å². The Hall–Kier alpha value is -3.37. The monoisotopic (exact) mass is 570 g/mol. The Bertz CT molecular complexity index is 1510. The van der Waals surface area contributed by atoms with Crippen LogP contribution in [0.2, 0.25) is 0 Å². The van der Waals surface area contributed by atoms with Crippen molar-refractivity contribution in [1.82, 2.24) is 0 Å². The van der Waals surface area contributed by atoms with Crippen LogP contribution in [0.3, 0.4) is 0 Å². The highest BCUT2D eigenvalue weighted by Gasteiger charge is 2.23. The molecule has 0 fully saturated rings. The number of sulfone groups is 1. The lowest BCUT2D eigenvalue weighted by Gasteiger charge is -2.26. The first-order valence-corrected chi connectivity index (χ1v) is 15.7. The normalized spacial score (nSPS) is 12.3. The van der Waals surface area contributed by atoms with Gasteiger partial charge in [-0.05, 0) is 83.0 Å². The molecule has 0 aliphatic carbocycles. The van der Waals surface area contributed by atoms with Gasteiger partial charge in [-0.1, -0.05) is 116 Å². The minimum Gasteiger partial charge on any atom is -0.457 e. The number of rotatable bonds is 6. The van der Waals surface area contributed by atoms with Gasteiger partial charge in [-0.25, -0.2) is 8.42 Å². The molecule has 0 unspecified atom stereocenters.